The summed E-state index contributed by atoms with van der Waals surface area (Å²) in [5.74, 6) is -0.293. The van der Waals surface area contributed by atoms with Crippen molar-refractivity contribution in [1.82, 2.24) is 10.3 Å². The molecule has 2 atom stereocenters. The van der Waals surface area contributed by atoms with Crippen molar-refractivity contribution in [3.63, 3.8) is 0 Å². The highest BCUT2D eigenvalue weighted by Crippen LogP contribution is 2.18. The SMILES string of the molecule is Cc1ccc(CC(C)NC(C)c2ccc(F)cn2)s1. The molecule has 1 N–H and O–H groups in total. The van der Waals surface area contributed by atoms with Crippen LogP contribution in [0.1, 0.15) is 35.3 Å². The Morgan fingerprint density at radius 2 is 2.05 bits per heavy atom. The zero-order chi connectivity index (χ0) is 13.8. The Morgan fingerprint density at radius 3 is 2.63 bits per heavy atom. The van der Waals surface area contributed by atoms with E-state index in [2.05, 4.69) is 43.2 Å². The number of halogens is 1. The maximum absolute atomic E-state index is 12.8. The van der Waals surface area contributed by atoms with Gasteiger partial charge in [0.05, 0.1) is 11.9 Å². The summed E-state index contributed by atoms with van der Waals surface area (Å²) >= 11 is 1.84. The molecule has 0 aliphatic carbocycles. The number of aryl methyl sites for hydroxylation is 1. The van der Waals surface area contributed by atoms with Gasteiger partial charge in [0.1, 0.15) is 5.82 Å². The molecule has 19 heavy (non-hydrogen) atoms. The zero-order valence-electron chi connectivity index (χ0n) is 11.5. The molecular formula is C15H19FN2S. The average molecular weight is 278 g/mol. The largest absolute Gasteiger partial charge is 0.306 e. The lowest BCUT2D eigenvalue weighted by Crippen LogP contribution is -2.30. The third-order valence-electron chi connectivity index (χ3n) is 3.03. The molecule has 2 rings (SSSR count). The number of aromatic nitrogens is 1. The maximum Gasteiger partial charge on any atom is 0.141 e. The lowest BCUT2D eigenvalue weighted by molar-refractivity contribution is 0.470. The molecule has 0 bridgehead atoms. The standard InChI is InChI=1S/C15H19FN2S/c1-10(8-14-6-4-11(2)19-14)18-12(3)15-7-5-13(16)9-17-15/h4-7,9-10,12,18H,8H2,1-3H3. The van der Waals surface area contributed by atoms with Crippen molar-refractivity contribution in [2.24, 2.45) is 0 Å². The fourth-order valence-corrected chi connectivity index (χ4v) is 3.13. The van der Waals surface area contributed by atoms with Crippen molar-refractivity contribution in [1.29, 1.82) is 0 Å². The number of hydrogen-bond acceptors (Lipinski definition) is 3. The molecule has 2 nitrogen and oxygen atoms in total. The van der Waals surface area contributed by atoms with Crippen molar-refractivity contribution in [3.8, 4) is 0 Å². The van der Waals surface area contributed by atoms with Crippen molar-refractivity contribution in [3.05, 3.63) is 51.7 Å². The van der Waals surface area contributed by atoms with Gasteiger partial charge < -0.3 is 5.32 Å². The van der Waals surface area contributed by atoms with Crippen LogP contribution in [0.2, 0.25) is 0 Å². The summed E-state index contributed by atoms with van der Waals surface area (Å²) in [6.07, 6.45) is 2.27. The van der Waals surface area contributed by atoms with Crippen molar-refractivity contribution in [2.75, 3.05) is 0 Å². The topological polar surface area (TPSA) is 24.9 Å². The number of hydrogen-bond donors (Lipinski definition) is 1. The third-order valence-corrected chi connectivity index (χ3v) is 4.05. The highest BCUT2D eigenvalue weighted by Gasteiger charge is 2.12. The number of thiophene rings is 1. The van der Waals surface area contributed by atoms with E-state index in [1.165, 1.54) is 22.0 Å². The van der Waals surface area contributed by atoms with Crippen LogP contribution < -0.4 is 5.32 Å². The third kappa shape index (κ3) is 4.11. The van der Waals surface area contributed by atoms with Crippen LogP contribution in [0.15, 0.2) is 30.5 Å². The molecule has 0 aromatic carbocycles. The molecule has 102 valence electrons. The summed E-state index contributed by atoms with van der Waals surface area (Å²) in [6.45, 7) is 6.34. The van der Waals surface area contributed by atoms with Gasteiger partial charge in [-0.3, -0.25) is 4.98 Å². The van der Waals surface area contributed by atoms with E-state index in [-0.39, 0.29) is 11.9 Å². The first-order chi connectivity index (χ1) is 9.04. The molecule has 2 heterocycles. The lowest BCUT2D eigenvalue weighted by atomic mass is 10.1. The van der Waals surface area contributed by atoms with Crippen LogP contribution in [-0.4, -0.2) is 11.0 Å². The molecule has 0 radical (unpaired) electrons. The quantitative estimate of drug-likeness (QED) is 0.898. The first kappa shape index (κ1) is 14.2. The molecule has 0 spiro atoms. The highest BCUT2D eigenvalue weighted by molar-refractivity contribution is 7.11. The Bertz CT molecular complexity index is 521. The van der Waals surface area contributed by atoms with Crippen LogP contribution in [-0.2, 0) is 6.42 Å². The van der Waals surface area contributed by atoms with Gasteiger partial charge in [0.2, 0.25) is 0 Å². The van der Waals surface area contributed by atoms with Crippen LogP contribution in [0.5, 0.6) is 0 Å². The van der Waals surface area contributed by atoms with Crippen LogP contribution in [0.3, 0.4) is 0 Å². The maximum atomic E-state index is 12.8. The Hall–Kier alpha value is -1.26. The first-order valence-electron chi connectivity index (χ1n) is 6.47. The van der Waals surface area contributed by atoms with Crippen molar-refractivity contribution >= 4 is 11.3 Å². The molecule has 2 aromatic rings. The van der Waals surface area contributed by atoms with Gasteiger partial charge in [0.15, 0.2) is 0 Å². The second-order valence-corrected chi connectivity index (χ2v) is 6.28. The second kappa shape index (κ2) is 6.26. The normalized spacial score (nSPS) is 14.3. The van der Waals surface area contributed by atoms with Crippen molar-refractivity contribution in [2.45, 2.75) is 39.3 Å². The van der Waals surface area contributed by atoms with Gasteiger partial charge in [-0.05, 0) is 51.5 Å². The van der Waals surface area contributed by atoms with Gasteiger partial charge in [0, 0.05) is 21.8 Å². The van der Waals surface area contributed by atoms with Crippen LogP contribution in [0.25, 0.3) is 0 Å². The first-order valence-corrected chi connectivity index (χ1v) is 7.29. The van der Waals surface area contributed by atoms with Gasteiger partial charge in [0.25, 0.3) is 0 Å². The fraction of sp³-hybridized carbons (Fsp3) is 0.400. The van der Waals surface area contributed by atoms with Crippen LogP contribution >= 0.6 is 11.3 Å². The van der Waals surface area contributed by atoms with E-state index in [4.69, 9.17) is 0 Å². The Kier molecular flexibility index (Phi) is 4.66. The number of nitrogens with one attached hydrogen (secondary N) is 1. The van der Waals surface area contributed by atoms with E-state index < -0.39 is 0 Å². The fourth-order valence-electron chi connectivity index (χ4n) is 2.11. The average Bonchev–Trinajstić information content (AvgIpc) is 2.75. The summed E-state index contributed by atoms with van der Waals surface area (Å²) in [5, 5.41) is 3.50. The molecule has 0 amide bonds. The molecule has 0 aliphatic heterocycles. The van der Waals surface area contributed by atoms with E-state index >= 15 is 0 Å². The second-order valence-electron chi connectivity index (χ2n) is 4.91. The summed E-state index contributed by atoms with van der Waals surface area (Å²) in [4.78, 5) is 6.84. The molecule has 2 unspecified atom stereocenters. The van der Waals surface area contributed by atoms with E-state index in [1.807, 2.05) is 11.3 Å². The molecule has 2 aromatic heterocycles. The predicted molar refractivity (Wildman–Crippen MR) is 78.0 cm³/mol. The molecule has 4 heteroatoms. The van der Waals surface area contributed by atoms with E-state index in [9.17, 15) is 4.39 Å². The van der Waals surface area contributed by atoms with Gasteiger partial charge in [-0.15, -0.1) is 11.3 Å². The minimum absolute atomic E-state index is 0.122. The lowest BCUT2D eigenvalue weighted by Gasteiger charge is -2.19. The monoisotopic (exact) mass is 278 g/mol. The Morgan fingerprint density at radius 1 is 1.26 bits per heavy atom. The molecule has 0 saturated carbocycles. The van der Waals surface area contributed by atoms with Crippen LogP contribution in [0, 0.1) is 12.7 Å². The van der Waals surface area contributed by atoms with Crippen LogP contribution in [0.4, 0.5) is 4.39 Å². The number of pyridine rings is 1. The van der Waals surface area contributed by atoms with E-state index in [0.29, 0.717) is 6.04 Å². The molecule has 0 saturated heterocycles. The highest BCUT2D eigenvalue weighted by atomic mass is 32.1. The molecule has 0 aliphatic rings. The van der Waals surface area contributed by atoms with Gasteiger partial charge in [-0.25, -0.2) is 4.39 Å². The molecule has 0 fully saturated rings. The van der Waals surface area contributed by atoms with E-state index in [0.717, 1.165) is 12.1 Å². The Labute approximate surface area is 117 Å². The van der Waals surface area contributed by atoms with E-state index in [1.54, 1.807) is 6.07 Å². The minimum Gasteiger partial charge on any atom is -0.306 e. The smallest absolute Gasteiger partial charge is 0.141 e. The van der Waals surface area contributed by atoms with Gasteiger partial charge >= 0.3 is 0 Å². The number of nitrogens with zero attached hydrogens (tertiary/aromatic N) is 1. The molecular weight excluding hydrogens is 259 g/mol. The predicted octanol–water partition coefficient (Wildman–Crippen LogP) is 3.87. The van der Waals surface area contributed by atoms with Gasteiger partial charge in [-0.2, -0.15) is 0 Å². The summed E-state index contributed by atoms with van der Waals surface area (Å²) in [6, 6.07) is 8.00. The van der Waals surface area contributed by atoms with Crippen molar-refractivity contribution < 1.29 is 4.39 Å². The Balaban J connectivity index is 1.91. The number of rotatable bonds is 5. The minimum atomic E-state index is -0.293. The summed E-state index contributed by atoms with van der Waals surface area (Å²) < 4.78 is 12.8. The van der Waals surface area contributed by atoms with Gasteiger partial charge in [-0.1, -0.05) is 0 Å². The summed E-state index contributed by atoms with van der Waals surface area (Å²) in [5.41, 5.74) is 0.871. The summed E-state index contributed by atoms with van der Waals surface area (Å²) in [7, 11) is 0. The zero-order valence-corrected chi connectivity index (χ0v) is 12.3.